The van der Waals surface area contributed by atoms with Gasteiger partial charge in [-0.05, 0) is 31.5 Å². The molecule has 3 N–H and O–H groups in total. The molecule has 0 aliphatic carbocycles. The van der Waals surface area contributed by atoms with Gasteiger partial charge in [-0.1, -0.05) is 0 Å². The maximum Gasteiger partial charge on any atom is 0.224 e. The summed E-state index contributed by atoms with van der Waals surface area (Å²) in [7, 11) is 0. The molecule has 0 heterocycles. The minimum absolute atomic E-state index is 0.0515. The summed E-state index contributed by atoms with van der Waals surface area (Å²) >= 11 is 0. The lowest BCUT2D eigenvalue weighted by molar-refractivity contribution is -0.116. The first-order valence-corrected chi connectivity index (χ1v) is 5.28. The fourth-order valence-electron chi connectivity index (χ4n) is 1.29. The van der Waals surface area contributed by atoms with Crippen LogP contribution >= 0.6 is 0 Å². The third-order valence-electron chi connectivity index (χ3n) is 2.20. The number of rotatable bonds is 4. The lowest BCUT2D eigenvalue weighted by Crippen LogP contribution is -2.19. The van der Waals surface area contributed by atoms with Crippen LogP contribution in [0.2, 0.25) is 0 Å². The van der Waals surface area contributed by atoms with Gasteiger partial charge in [-0.3, -0.25) is 4.79 Å². The molecule has 0 fully saturated rings. The third-order valence-corrected chi connectivity index (χ3v) is 2.20. The Hall–Kier alpha value is -1.93. The fourth-order valence-corrected chi connectivity index (χ4v) is 1.29. The van der Waals surface area contributed by atoms with Crippen LogP contribution in [0.1, 0.15) is 25.3 Å². The zero-order chi connectivity index (χ0) is 12.8. The first-order valence-electron chi connectivity index (χ1n) is 5.28. The summed E-state index contributed by atoms with van der Waals surface area (Å²) in [5, 5.41) is 11.3. The molecule has 0 aromatic heterocycles. The summed E-state index contributed by atoms with van der Waals surface area (Å²) in [6.07, 6.45) is 0.842. The van der Waals surface area contributed by atoms with Gasteiger partial charge in [0.25, 0.3) is 0 Å². The number of nitrogens with two attached hydrogens (primary N) is 1. The molecule has 0 saturated carbocycles. The Morgan fingerprint density at radius 3 is 2.94 bits per heavy atom. The fraction of sp³-hybridized carbons (Fsp3) is 0.333. The van der Waals surface area contributed by atoms with Crippen LogP contribution in [-0.4, -0.2) is 11.9 Å². The molecule has 90 valence electrons. The van der Waals surface area contributed by atoms with Gasteiger partial charge in [-0.2, -0.15) is 5.26 Å². The highest BCUT2D eigenvalue weighted by molar-refractivity contribution is 5.92. The van der Waals surface area contributed by atoms with E-state index in [9.17, 15) is 9.18 Å². The van der Waals surface area contributed by atoms with Gasteiger partial charge in [0.15, 0.2) is 0 Å². The molecule has 0 saturated heterocycles. The zero-order valence-electron chi connectivity index (χ0n) is 9.53. The number of nitrogens with one attached hydrogen (secondary N) is 1. The van der Waals surface area contributed by atoms with Gasteiger partial charge in [0, 0.05) is 12.5 Å². The SMILES string of the molecule is CC(N)CCC(=O)Nc1ccc(F)cc1C#N. The number of nitriles is 1. The minimum Gasteiger partial charge on any atom is -0.328 e. The van der Waals surface area contributed by atoms with Crippen molar-refractivity contribution in [2.75, 3.05) is 5.32 Å². The summed E-state index contributed by atoms with van der Waals surface area (Å²) in [4.78, 5) is 11.5. The maximum absolute atomic E-state index is 12.8. The van der Waals surface area contributed by atoms with Crippen LogP contribution in [0.4, 0.5) is 10.1 Å². The van der Waals surface area contributed by atoms with Crippen molar-refractivity contribution < 1.29 is 9.18 Å². The van der Waals surface area contributed by atoms with Gasteiger partial charge in [0.05, 0.1) is 11.3 Å². The Labute approximate surface area is 99.2 Å². The molecule has 1 unspecified atom stereocenters. The standard InChI is InChI=1S/C12H14FN3O/c1-8(15)2-5-12(17)16-11-4-3-10(13)6-9(11)7-14/h3-4,6,8H,2,5,15H2,1H3,(H,16,17). The van der Waals surface area contributed by atoms with Gasteiger partial charge in [0.2, 0.25) is 5.91 Å². The summed E-state index contributed by atoms with van der Waals surface area (Å²) in [5.41, 5.74) is 5.96. The predicted octanol–water partition coefficient (Wildman–Crippen LogP) is 1.76. The van der Waals surface area contributed by atoms with Crippen LogP contribution in [0.3, 0.4) is 0 Å². The summed E-state index contributed by atoms with van der Waals surface area (Å²) in [6.45, 7) is 1.81. The largest absolute Gasteiger partial charge is 0.328 e. The molecule has 0 spiro atoms. The normalized spacial score (nSPS) is 11.6. The number of carbonyl (C=O) groups excluding carboxylic acids is 1. The number of hydrogen-bond acceptors (Lipinski definition) is 3. The lowest BCUT2D eigenvalue weighted by atomic mass is 10.1. The second kappa shape index (κ2) is 5.97. The molecule has 5 heteroatoms. The van der Waals surface area contributed by atoms with E-state index in [0.717, 1.165) is 6.07 Å². The zero-order valence-corrected chi connectivity index (χ0v) is 9.53. The Morgan fingerprint density at radius 2 is 2.35 bits per heavy atom. The molecule has 0 bridgehead atoms. The number of anilines is 1. The molecule has 1 aromatic rings. The minimum atomic E-state index is -0.505. The van der Waals surface area contributed by atoms with E-state index in [1.54, 1.807) is 0 Å². The maximum atomic E-state index is 12.8. The second-order valence-corrected chi connectivity index (χ2v) is 3.87. The van der Waals surface area contributed by atoms with Crippen molar-refractivity contribution in [3.05, 3.63) is 29.6 Å². The Bertz CT molecular complexity index is 452. The first-order chi connectivity index (χ1) is 8.02. The quantitative estimate of drug-likeness (QED) is 0.834. The van der Waals surface area contributed by atoms with Gasteiger partial charge in [-0.25, -0.2) is 4.39 Å². The number of hydrogen-bond donors (Lipinski definition) is 2. The van der Waals surface area contributed by atoms with E-state index in [1.165, 1.54) is 12.1 Å². The average molecular weight is 235 g/mol. The predicted molar refractivity (Wildman–Crippen MR) is 62.6 cm³/mol. The number of nitrogens with zero attached hydrogens (tertiary/aromatic N) is 1. The highest BCUT2D eigenvalue weighted by atomic mass is 19.1. The van der Waals surface area contributed by atoms with Crippen LogP contribution in [0.5, 0.6) is 0 Å². The van der Waals surface area contributed by atoms with E-state index in [2.05, 4.69) is 5.32 Å². The molecule has 4 nitrogen and oxygen atoms in total. The Morgan fingerprint density at radius 1 is 1.65 bits per heavy atom. The molecular formula is C12H14FN3O. The van der Waals surface area contributed by atoms with Gasteiger partial charge in [-0.15, -0.1) is 0 Å². The topological polar surface area (TPSA) is 78.9 Å². The smallest absolute Gasteiger partial charge is 0.224 e. The van der Waals surface area contributed by atoms with Gasteiger partial charge < -0.3 is 11.1 Å². The van der Waals surface area contributed by atoms with Crippen LogP contribution in [0, 0.1) is 17.1 Å². The monoisotopic (exact) mass is 235 g/mol. The number of carbonyl (C=O) groups is 1. The summed E-state index contributed by atoms with van der Waals surface area (Å²) in [6, 6.07) is 5.43. The van der Waals surface area contributed by atoms with Gasteiger partial charge in [0.1, 0.15) is 11.9 Å². The average Bonchev–Trinajstić information content (AvgIpc) is 2.28. The molecule has 0 radical (unpaired) electrons. The van der Waals surface area contributed by atoms with Crippen LogP contribution in [-0.2, 0) is 4.79 Å². The van der Waals surface area contributed by atoms with Crippen molar-refractivity contribution in [3.8, 4) is 6.07 Å². The second-order valence-electron chi connectivity index (χ2n) is 3.87. The van der Waals surface area contributed by atoms with E-state index in [0.29, 0.717) is 12.1 Å². The molecule has 1 atom stereocenters. The van der Waals surface area contributed by atoms with Crippen molar-refractivity contribution in [2.45, 2.75) is 25.8 Å². The highest BCUT2D eigenvalue weighted by Crippen LogP contribution is 2.16. The van der Waals surface area contributed by atoms with Crippen LogP contribution in [0.25, 0.3) is 0 Å². The van der Waals surface area contributed by atoms with Crippen molar-refractivity contribution in [1.29, 1.82) is 5.26 Å². The van der Waals surface area contributed by atoms with Crippen molar-refractivity contribution in [1.82, 2.24) is 0 Å². The van der Waals surface area contributed by atoms with E-state index in [1.807, 2.05) is 13.0 Å². The molecule has 0 aliphatic heterocycles. The van der Waals surface area contributed by atoms with Crippen molar-refractivity contribution >= 4 is 11.6 Å². The van der Waals surface area contributed by atoms with Crippen molar-refractivity contribution in [2.24, 2.45) is 5.73 Å². The Kier molecular flexibility index (Phi) is 4.61. The molecule has 1 amide bonds. The van der Waals surface area contributed by atoms with E-state index < -0.39 is 5.82 Å². The van der Waals surface area contributed by atoms with Crippen LogP contribution < -0.4 is 11.1 Å². The molecule has 17 heavy (non-hydrogen) atoms. The van der Waals surface area contributed by atoms with Gasteiger partial charge >= 0.3 is 0 Å². The molecular weight excluding hydrogens is 221 g/mol. The third kappa shape index (κ3) is 4.21. The molecule has 1 rings (SSSR count). The van der Waals surface area contributed by atoms with Crippen LogP contribution in [0.15, 0.2) is 18.2 Å². The Balaban J connectivity index is 2.69. The van der Waals surface area contributed by atoms with E-state index in [4.69, 9.17) is 11.0 Å². The van der Waals surface area contributed by atoms with E-state index in [-0.39, 0.29) is 23.9 Å². The van der Waals surface area contributed by atoms with Crippen molar-refractivity contribution in [3.63, 3.8) is 0 Å². The number of halogens is 1. The highest BCUT2D eigenvalue weighted by Gasteiger charge is 2.08. The van der Waals surface area contributed by atoms with E-state index >= 15 is 0 Å². The first kappa shape index (κ1) is 13.1. The summed E-state index contributed by atoms with van der Waals surface area (Å²) in [5.74, 6) is -0.736. The summed E-state index contributed by atoms with van der Waals surface area (Å²) < 4.78 is 12.8. The lowest BCUT2D eigenvalue weighted by Gasteiger charge is -2.08. The molecule has 1 aromatic carbocycles. The number of amides is 1. The number of benzene rings is 1. The molecule has 0 aliphatic rings.